The Labute approximate surface area is 175 Å². The van der Waals surface area contributed by atoms with Crippen molar-refractivity contribution in [1.29, 1.82) is 0 Å². The van der Waals surface area contributed by atoms with Gasteiger partial charge in [0.05, 0.1) is 31.6 Å². The molecule has 0 atom stereocenters. The molecule has 29 heavy (non-hydrogen) atoms. The van der Waals surface area contributed by atoms with E-state index < -0.39 is 0 Å². The van der Waals surface area contributed by atoms with Crippen LogP contribution in [0.15, 0.2) is 41.6 Å². The summed E-state index contributed by atoms with van der Waals surface area (Å²) in [6.45, 7) is 7.19. The fraction of sp³-hybridized carbons (Fsp3) is 0.364. The molecule has 1 aliphatic heterocycles. The third-order valence-corrected chi connectivity index (χ3v) is 5.60. The van der Waals surface area contributed by atoms with Crippen molar-refractivity contribution in [2.24, 2.45) is 0 Å². The summed E-state index contributed by atoms with van der Waals surface area (Å²) in [6, 6.07) is 6.25. The largest absolute Gasteiger partial charge is 0.462 e. The van der Waals surface area contributed by atoms with Crippen molar-refractivity contribution in [1.82, 2.24) is 10.2 Å². The van der Waals surface area contributed by atoms with E-state index in [-0.39, 0.29) is 5.97 Å². The first-order valence-corrected chi connectivity index (χ1v) is 10.2. The van der Waals surface area contributed by atoms with Gasteiger partial charge < -0.3 is 14.4 Å². The van der Waals surface area contributed by atoms with Gasteiger partial charge in [0.15, 0.2) is 5.82 Å². The number of ether oxygens (including phenoxy) is 2. The number of esters is 1. The molecule has 2 heterocycles. The molecule has 4 rings (SSSR count). The molecular formula is C22H23N3O3S. The molecule has 6 nitrogen and oxygen atoms in total. The van der Waals surface area contributed by atoms with Crippen LogP contribution in [0.3, 0.4) is 0 Å². The van der Waals surface area contributed by atoms with Gasteiger partial charge in [0.25, 0.3) is 0 Å². The van der Waals surface area contributed by atoms with Gasteiger partial charge in [-0.05, 0) is 43.2 Å². The van der Waals surface area contributed by atoms with E-state index in [0.717, 1.165) is 46.4 Å². The lowest BCUT2D eigenvalue weighted by atomic mass is 9.88. The number of hydrogen-bond donors (Lipinski definition) is 0. The van der Waals surface area contributed by atoms with Crippen LogP contribution in [0.5, 0.6) is 0 Å². The lowest BCUT2D eigenvalue weighted by Crippen LogP contribution is -2.37. The van der Waals surface area contributed by atoms with Gasteiger partial charge in [-0.25, -0.2) is 4.79 Å². The number of thiocarbonyl (C=S) groups is 1. The molecule has 150 valence electrons. The van der Waals surface area contributed by atoms with Gasteiger partial charge in [-0.2, -0.15) is 5.10 Å². The summed E-state index contributed by atoms with van der Waals surface area (Å²) in [7, 11) is 0. The van der Waals surface area contributed by atoms with Crippen molar-refractivity contribution in [3.05, 3.63) is 47.2 Å². The van der Waals surface area contributed by atoms with Crippen LogP contribution >= 0.6 is 12.2 Å². The van der Waals surface area contributed by atoms with Crippen molar-refractivity contribution >= 4 is 45.2 Å². The van der Waals surface area contributed by atoms with E-state index in [4.69, 9.17) is 21.7 Å². The van der Waals surface area contributed by atoms with Crippen molar-refractivity contribution in [2.75, 3.05) is 37.8 Å². The lowest BCUT2D eigenvalue weighted by Gasteiger charge is -2.28. The number of hydrogen-bond acceptors (Lipinski definition) is 7. The summed E-state index contributed by atoms with van der Waals surface area (Å²) >= 11 is 5.43. The van der Waals surface area contributed by atoms with Gasteiger partial charge in [0.1, 0.15) is 0 Å². The molecular weight excluding hydrogens is 386 g/mol. The molecule has 1 aromatic carbocycles. The highest BCUT2D eigenvalue weighted by Gasteiger charge is 2.23. The topological polar surface area (TPSA) is 64.5 Å². The number of nitrogens with zero attached hydrogens (tertiary/aromatic N) is 3. The number of morpholine rings is 1. The molecule has 0 unspecified atom stereocenters. The normalized spacial score (nSPS) is 17.5. The second-order valence-corrected chi connectivity index (χ2v) is 7.63. The first kappa shape index (κ1) is 19.7. The van der Waals surface area contributed by atoms with Gasteiger partial charge in [0.2, 0.25) is 0 Å². The van der Waals surface area contributed by atoms with Crippen LogP contribution in [-0.2, 0) is 14.3 Å². The zero-order valence-electron chi connectivity index (χ0n) is 16.6. The predicted octanol–water partition coefficient (Wildman–Crippen LogP) is 3.50. The number of aromatic nitrogens is 2. The second kappa shape index (κ2) is 8.39. The van der Waals surface area contributed by atoms with Crippen LogP contribution in [0, 0.1) is 0 Å². The highest BCUT2D eigenvalue weighted by atomic mass is 32.1. The number of carbonyl (C=O) groups excluding carboxylic acids is 1. The van der Waals surface area contributed by atoms with Gasteiger partial charge in [-0.1, -0.05) is 23.9 Å². The number of carbonyl (C=O) groups is 1. The third-order valence-electron chi connectivity index (χ3n) is 5.23. The van der Waals surface area contributed by atoms with E-state index in [1.54, 1.807) is 13.1 Å². The maximum atomic E-state index is 12.3. The summed E-state index contributed by atoms with van der Waals surface area (Å²) < 4.78 is 10.6. The van der Waals surface area contributed by atoms with E-state index in [1.807, 2.05) is 13.0 Å². The van der Waals surface area contributed by atoms with Gasteiger partial charge in [-0.15, -0.1) is 5.10 Å². The van der Waals surface area contributed by atoms with E-state index in [9.17, 15) is 4.79 Å². The molecule has 0 spiro atoms. The fourth-order valence-electron chi connectivity index (χ4n) is 3.74. The molecule has 0 amide bonds. The van der Waals surface area contributed by atoms with E-state index in [0.29, 0.717) is 36.7 Å². The van der Waals surface area contributed by atoms with E-state index >= 15 is 0 Å². The second-order valence-electron chi connectivity index (χ2n) is 7.14. The first-order chi connectivity index (χ1) is 14.1. The van der Waals surface area contributed by atoms with E-state index in [2.05, 4.69) is 33.3 Å². The summed E-state index contributed by atoms with van der Waals surface area (Å²) in [5.74, 6) is 0.527. The summed E-state index contributed by atoms with van der Waals surface area (Å²) in [5.41, 5.74) is 3.65. The standard InChI is InChI=1S/C22H23N3O3S/c1-3-28-22(26)19-12-18(14(2)10-20(19)29)15-4-5-17-16(11-15)13-23-24-21(17)25-6-8-27-9-7-25/h4-5,11-13H,3,6-10H2,1-2H3. The minimum absolute atomic E-state index is 0.329. The number of fused-ring (bicyclic) bond motifs is 1. The Hall–Kier alpha value is -2.64. The molecule has 0 saturated carbocycles. The average Bonchev–Trinajstić information content (AvgIpc) is 2.74. The van der Waals surface area contributed by atoms with Crippen LogP contribution < -0.4 is 4.90 Å². The number of allylic oxidation sites excluding steroid dienone is 3. The van der Waals surface area contributed by atoms with Crippen molar-refractivity contribution in [3.8, 4) is 0 Å². The molecule has 1 aromatic heterocycles. The molecule has 2 aliphatic rings. The zero-order valence-corrected chi connectivity index (χ0v) is 17.4. The first-order valence-electron chi connectivity index (χ1n) is 9.78. The average molecular weight is 410 g/mol. The van der Waals surface area contributed by atoms with Gasteiger partial charge in [0, 0.05) is 35.1 Å². The highest BCUT2D eigenvalue weighted by Crippen LogP contribution is 2.33. The van der Waals surface area contributed by atoms with Gasteiger partial charge >= 0.3 is 5.97 Å². The Morgan fingerprint density at radius 2 is 2.10 bits per heavy atom. The molecule has 0 bridgehead atoms. The molecule has 1 fully saturated rings. The summed E-state index contributed by atoms with van der Waals surface area (Å²) in [4.78, 5) is 15.1. The molecule has 2 aromatic rings. The quantitative estimate of drug-likeness (QED) is 0.566. The maximum Gasteiger partial charge on any atom is 0.339 e. The molecule has 7 heteroatoms. The number of benzene rings is 1. The monoisotopic (exact) mass is 409 g/mol. The van der Waals surface area contributed by atoms with Crippen LogP contribution in [0.25, 0.3) is 16.3 Å². The molecule has 1 saturated heterocycles. The highest BCUT2D eigenvalue weighted by molar-refractivity contribution is 7.81. The molecule has 0 N–H and O–H groups in total. The van der Waals surface area contributed by atoms with Crippen LogP contribution in [0.4, 0.5) is 5.82 Å². The maximum absolute atomic E-state index is 12.3. The zero-order chi connectivity index (χ0) is 20.4. The van der Waals surface area contributed by atoms with Crippen molar-refractivity contribution < 1.29 is 14.3 Å². The Kier molecular flexibility index (Phi) is 5.69. The molecule has 1 aliphatic carbocycles. The van der Waals surface area contributed by atoms with Gasteiger partial charge in [-0.3, -0.25) is 0 Å². The van der Waals surface area contributed by atoms with Crippen LogP contribution in [-0.4, -0.2) is 53.9 Å². The van der Waals surface area contributed by atoms with E-state index in [1.165, 1.54) is 0 Å². The SMILES string of the molecule is CCOC(=O)C1=CC(c2ccc3c(N4CCOCC4)nncc3c2)=C(C)CC1=S. The van der Waals surface area contributed by atoms with Crippen molar-refractivity contribution in [2.45, 2.75) is 20.3 Å². The number of rotatable bonds is 4. The smallest absolute Gasteiger partial charge is 0.339 e. The Balaban J connectivity index is 1.73. The van der Waals surface area contributed by atoms with Crippen molar-refractivity contribution in [3.63, 3.8) is 0 Å². The minimum atomic E-state index is -0.358. The molecule has 0 radical (unpaired) electrons. The Morgan fingerprint density at radius 3 is 2.86 bits per heavy atom. The third kappa shape index (κ3) is 3.93. The Morgan fingerprint density at radius 1 is 1.31 bits per heavy atom. The Bertz CT molecular complexity index is 1040. The fourth-order valence-corrected chi connectivity index (χ4v) is 4.10. The predicted molar refractivity (Wildman–Crippen MR) is 117 cm³/mol. The minimum Gasteiger partial charge on any atom is -0.462 e. The van der Waals surface area contributed by atoms with Crippen LogP contribution in [0.2, 0.25) is 0 Å². The summed E-state index contributed by atoms with van der Waals surface area (Å²) in [5, 5.41) is 10.7. The lowest BCUT2D eigenvalue weighted by molar-refractivity contribution is -0.137. The summed E-state index contributed by atoms with van der Waals surface area (Å²) in [6.07, 6.45) is 4.22. The number of anilines is 1. The van der Waals surface area contributed by atoms with Crippen LogP contribution in [0.1, 0.15) is 25.8 Å².